The molecule has 230 valence electrons. The summed E-state index contributed by atoms with van der Waals surface area (Å²) in [6.45, 7) is 11.8. The van der Waals surface area contributed by atoms with Gasteiger partial charge in [0.05, 0.1) is 0 Å². The summed E-state index contributed by atoms with van der Waals surface area (Å²) in [5.41, 5.74) is 2.48. The van der Waals surface area contributed by atoms with E-state index >= 15 is 8.78 Å². The lowest BCUT2D eigenvalue weighted by Gasteiger charge is -2.43. The molecule has 4 rings (SSSR count). The van der Waals surface area contributed by atoms with Gasteiger partial charge < -0.3 is 0 Å². The predicted molar refractivity (Wildman–Crippen MR) is 158 cm³/mol. The van der Waals surface area contributed by atoms with Crippen LogP contribution >= 0.6 is 10.3 Å². The minimum atomic E-state index is -5.66. The average Bonchev–Trinajstić information content (AvgIpc) is 2.98. The van der Waals surface area contributed by atoms with E-state index in [4.69, 9.17) is 3.63 Å². The summed E-state index contributed by atoms with van der Waals surface area (Å²) in [4.78, 5) is -0.833. The molecule has 0 heterocycles. The van der Waals surface area contributed by atoms with Crippen LogP contribution in [0.3, 0.4) is 0 Å². The van der Waals surface area contributed by atoms with Crippen LogP contribution in [0.2, 0.25) is 0 Å². The van der Waals surface area contributed by atoms with Gasteiger partial charge in [0.1, 0.15) is 0 Å². The van der Waals surface area contributed by atoms with Gasteiger partial charge >= 0.3 is 10.1 Å². The summed E-state index contributed by atoms with van der Waals surface area (Å²) in [6.07, 6.45) is 0. The van der Waals surface area contributed by atoms with Gasteiger partial charge in [0.2, 0.25) is 5.82 Å². The van der Waals surface area contributed by atoms with E-state index in [9.17, 15) is 21.6 Å². The number of rotatable bonds is 9. The number of hydrogen-bond acceptors (Lipinski definition) is 3. The van der Waals surface area contributed by atoms with Crippen LogP contribution in [0.25, 0.3) is 0 Å². The van der Waals surface area contributed by atoms with Gasteiger partial charge in [0.25, 0.3) is 0 Å². The second-order valence-corrected chi connectivity index (χ2v) is 15.4. The smallest absolute Gasteiger partial charge is 0.203 e. The summed E-state index contributed by atoms with van der Waals surface area (Å²) in [5, 5.41) is 0. The van der Waals surface area contributed by atoms with Crippen molar-refractivity contribution in [3.05, 3.63) is 119 Å². The Labute approximate surface area is 251 Å². The molecule has 0 aromatic heterocycles. The normalized spacial score (nSPS) is 12.9. The molecule has 4 aromatic rings. The summed E-state index contributed by atoms with van der Waals surface area (Å²) in [5.74, 6) is -12.5. The largest absolute Gasteiger partial charge is 0.313 e. The molecule has 0 aliphatic rings. The van der Waals surface area contributed by atoms with Gasteiger partial charge in [-0.2, -0.15) is 8.42 Å². The van der Waals surface area contributed by atoms with Crippen molar-refractivity contribution in [3.63, 3.8) is 0 Å². The molecule has 0 unspecified atom stereocenters. The topological polar surface area (TPSA) is 43.4 Å². The third kappa shape index (κ3) is 5.84. The van der Waals surface area contributed by atoms with Gasteiger partial charge in [-0.25, -0.2) is 25.6 Å². The first-order valence-electron chi connectivity index (χ1n) is 13.7. The first-order chi connectivity index (χ1) is 20.1. The van der Waals surface area contributed by atoms with Crippen molar-refractivity contribution >= 4 is 20.4 Å². The van der Waals surface area contributed by atoms with E-state index in [2.05, 4.69) is 0 Å². The molecule has 0 fully saturated rings. The van der Waals surface area contributed by atoms with E-state index in [0.717, 1.165) is 16.7 Å². The lowest BCUT2D eigenvalue weighted by molar-refractivity contribution is 0.353. The summed E-state index contributed by atoms with van der Waals surface area (Å²) >= 11 is 0. The molecule has 0 amide bonds. The van der Waals surface area contributed by atoms with Gasteiger partial charge in [-0.05, 0) is 69.0 Å². The van der Waals surface area contributed by atoms with Gasteiger partial charge in [0.15, 0.2) is 28.2 Å². The molecule has 0 radical (unpaired) electrons. The highest BCUT2D eigenvalue weighted by molar-refractivity contribution is 8.33. The van der Waals surface area contributed by atoms with Crippen molar-refractivity contribution in [2.75, 3.05) is 0 Å². The van der Waals surface area contributed by atoms with Gasteiger partial charge in [-0.3, -0.25) is 0 Å². The Bertz CT molecular complexity index is 1640. The maximum absolute atomic E-state index is 15.1. The van der Waals surface area contributed by atoms with Crippen LogP contribution in [0.5, 0.6) is 0 Å². The molecule has 43 heavy (non-hydrogen) atoms. The summed E-state index contributed by atoms with van der Waals surface area (Å²) in [6, 6.07) is 20.6. The standard InChI is InChI=1S/C33H33F5O3S2/c1-19(2)22-17-25(20(3)4)32(26(18-22)21(5)6)42(23-13-9-7-10-14-23,24-15-11-8-12-16-24)41-43(39,40)33-30(37)28(35)27(34)29(36)31(33)38/h7-21H,1-6H3. The van der Waals surface area contributed by atoms with E-state index in [1.807, 2.05) is 53.7 Å². The van der Waals surface area contributed by atoms with Crippen LogP contribution in [0, 0.1) is 29.1 Å². The van der Waals surface area contributed by atoms with E-state index in [0.29, 0.717) is 14.7 Å². The van der Waals surface area contributed by atoms with Crippen LogP contribution in [-0.4, -0.2) is 8.42 Å². The Kier molecular flexibility index (Phi) is 9.44. The highest BCUT2D eigenvalue weighted by Gasteiger charge is 2.45. The summed E-state index contributed by atoms with van der Waals surface area (Å²) in [7, 11) is -9.12. The van der Waals surface area contributed by atoms with Gasteiger partial charge in [-0.1, -0.05) is 90.1 Å². The van der Waals surface area contributed by atoms with E-state index < -0.39 is 54.4 Å². The molecule has 3 nitrogen and oxygen atoms in total. The zero-order valence-corrected chi connectivity index (χ0v) is 26.2. The average molecular weight is 637 g/mol. The van der Waals surface area contributed by atoms with Crippen molar-refractivity contribution in [2.45, 2.75) is 78.9 Å². The molecule has 10 heteroatoms. The molecule has 0 aliphatic heterocycles. The summed E-state index contributed by atoms with van der Waals surface area (Å²) < 4.78 is 107. The molecule has 0 saturated carbocycles. The number of hydrogen-bond donors (Lipinski definition) is 0. The fourth-order valence-corrected chi connectivity index (χ4v) is 10.8. The van der Waals surface area contributed by atoms with Gasteiger partial charge in [-0.15, -0.1) is 0 Å². The third-order valence-electron chi connectivity index (χ3n) is 7.13. The van der Waals surface area contributed by atoms with E-state index in [-0.39, 0.29) is 17.8 Å². The van der Waals surface area contributed by atoms with Gasteiger partial charge in [0, 0.05) is 14.7 Å². The number of halogens is 5. The Balaban J connectivity index is 2.25. The first-order valence-corrected chi connectivity index (χ1v) is 16.7. The van der Waals surface area contributed by atoms with Crippen molar-refractivity contribution in [1.82, 2.24) is 0 Å². The molecule has 0 spiro atoms. The van der Waals surface area contributed by atoms with E-state index in [1.165, 1.54) is 0 Å². The van der Waals surface area contributed by atoms with Crippen molar-refractivity contribution in [1.29, 1.82) is 0 Å². The molecule has 0 atom stereocenters. The maximum Gasteiger partial charge on any atom is 0.313 e. The van der Waals surface area contributed by atoms with Crippen LogP contribution in [0.1, 0.15) is 76.0 Å². The zero-order chi connectivity index (χ0) is 31.9. The van der Waals surface area contributed by atoms with Crippen LogP contribution in [0.15, 0.2) is 92.4 Å². The SMILES string of the molecule is CC(C)c1cc(C(C)C)c(S(OS(=O)(=O)c2c(F)c(F)c(F)c(F)c2F)(c2ccccc2)c2ccccc2)c(C(C)C)c1. The maximum atomic E-state index is 15.1. The predicted octanol–water partition coefficient (Wildman–Crippen LogP) is 10.4. The zero-order valence-electron chi connectivity index (χ0n) is 24.6. The quantitative estimate of drug-likeness (QED) is 0.104. The van der Waals surface area contributed by atoms with Crippen LogP contribution < -0.4 is 0 Å². The minimum Gasteiger partial charge on any atom is -0.203 e. The molecule has 0 saturated heterocycles. The Morgan fingerprint density at radius 3 is 1.26 bits per heavy atom. The Hall–Kier alpha value is -3.21. The van der Waals surface area contributed by atoms with Crippen LogP contribution in [-0.2, 0) is 13.7 Å². The first kappa shape index (κ1) is 32.7. The lowest BCUT2D eigenvalue weighted by atomic mass is 9.89. The lowest BCUT2D eigenvalue weighted by Crippen LogP contribution is -2.21. The van der Waals surface area contributed by atoms with Crippen molar-refractivity contribution in [2.24, 2.45) is 0 Å². The monoisotopic (exact) mass is 636 g/mol. The highest BCUT2D eigenvalue weighted by Crippen LogP contribution is 2.73. The molecular formula is C33H33F5O3S2. The molecular weight excluding hydrogens is 603 g/mol. The Morgan fingerprint density at radius 2 is 0.907 bits per heavy atom. The molecule has 0 bridgehead atoms. The second-order valence-electron chi connectivity index (χ2n) is 11.1. The van der Waals surface area contributed by atoms with E-state index in [1.54, 1.807) is 60.7 Å². The Morgan fingerprint density at radius 1 is 0.535 bits per heavy atom. The molecule has 0 N–H and O–H groups in total. The van der Waals surface area contributed by atoms with Crippen molar-refractivity contribution < 1.29 is 34.0 Å². The fraction of sp³-hybridized carbons (Fsp3) is 0.273. The number of benzene rings is 4. The third-order valence-corrected chi connectivity index (χ3v) is 12.4. The van der Waals surface area contributed by atoms with Crippen LogP contribution in [0.4, 0.5) is 22.0 Å². The van der Waals surface area contributed by atoms with Crippen molar-refractivity contribution in [3.8, 4) is 0 Å². The molecule has 4 aromatic carbocycles. The highest BCUT2D eigenvalue weighted by atomic mass is 32.3. The molecule has 0 aliphatic carbocycles. The second kappa shape index (κ2) is 12.4. The minimum absolute atomic E-state index is 0.111. The fourth-order valence-electron chi connectivity index (χ4n) is 4.90.